The number of nitrogens with zero attached hydrogens (tertiary/aromatic N) is 2. The summed E-state index contributed by atoms with van der Waals surface area (Å²) in [4.78, 5) is 8.22. The van der Waals surface area contributed by atoms with E-state index >= 15 is 0 Å². The first-order chi connectivity index (χ1) is 7.14. The second-order valence-electron chi connectivity index (χ2n) is 4.51. The van der Waals surface area contributed by atoms with Gasteiger partial charge in [-0.15, -0.1) is 0 Å². The van der Waals surface area contributed by atoms with E-state index in [0.717, 1.165) is 24.3 Å². The van der Waals surface area contributed by atoms with Crippen molar-refractivity contribution in [3.05, 3.63) is 17.0 Å². The molecule has 15 heavy (non-hydrogen) atoms. The smallest absolute Gasteiger partial charge is 0.137 e. The first-order valence-electron chi connectivity index (χ1n) is 5.38. The monoisotopic (exact) mass is 225 g/mol. The maximum absolute atomic E-state index is 6.00. The van der Waals surface area contributed by atoms with Gasteiger partial charge in [-0.25, -0.2) is 9.97 Å². The fourth-order valence-corrected chi connectivity index (χ4v) is 1.81. The van der Waals surface area contributed by atoms with Crippen LogP contribution in [0.3, 0.4) is 0 Å². The van der Waals surface area contributed by atoms with E-state index in [1.807, 2.05) is 0 Å². The van der Waals surface area contributed by atoms with Gasteiger partial charge in [-0.1, -0.05) is 25.4 Å². The van der Waals surface area contributed by atoms with Crippen LogP contribution in [-0.2, 0) is 6.42 Å². The van der Waals surface area contributed by atoms with Crippen LogP contribution in [0, 0.1) is 5.41 Å². The minimum absolute atomic E-state index is 0.475. The van der Waals surface area contributed by atoms with Gasteiger partial charge in [0.25, 0.3) is 0 Å². The molecular formula is C11H16ClN3. The van der Waals surface area contributed by atoms with Crippen molar-refractivity contribution in [1.29, 1.82) is 0 Å². The molecule has 0 unspecified atom stereocenters. The van der Waals surface area contributed by atoms with Crippen LogP contribution < -0.4 is 5.32 Å². The summed E-state index contributed by atoms with van der Waals surface area (Å²) in [5, 5.41) is 3.94. The van der Waals surface area contributed by atoms with Crippen molar-refractivity contribution in [2.24, 2.45) is 5.41 Å². The average Bonchev–Trinajstić information content (AvgIpc) is 2.94. The van der Waals surface area contributed by atoms with Gasteiger partial charge in [0.1, 0.15) is 17.3 Å². The maximum Gasteiger partial charge on any atom is 0.137 e. The van der Waals surface area contributed by atoms with Crippen molar-refractivity contribution in [2.75, 3.05) is 11.9 Å². The molecule has 82 valence electrons. The van der Waals surface area contributed by atoms with Crippen molar-refractivity contribution in [1.82, 2.24) is 9.97 Å². The van der Waals surface area contributed by atoms with Crippen molar-refractivity contribution in [2.45, 2.75) is 33.1 Å². The van der Waals surface area contributed by atoms with Gasteiger partial charge in [-0.05, 0) is 24.7 Å². The van der Waals surface area contributed by atoms with Gasteiger partial charge in [-0.2, -0.15) is 0 Å². The summed E-state index contributed by atoms with van der Waals surface area (Å²) in [7, 11) is 0. The largest absolute Gasteiger partial charge is 0.369 e. The van der Waals surface area contributed by atoms with E-state index in [4.69, 9.17) is 11.6 Å². The number of halogens is 1. The Balaban J connectivity index is 2.09. The van der Waals surface area contributed by atoms with Gasteiger partial charge in [0, 0.05) is 12.1 Å². The summed E-state index contributed by atoms with van der Waals surface area (Å²) >= 11 is 6.00. The van der Waals surface area contributed by atoms with Gasteiger partial charge in [-0.3, -0.25) is 0 Å². The molecule has 3 nitrogen and oxygen atoms in total. The Bertz CT molecular complexity index is 361. The third-order valence-electron chi connectivity index (χ3n) is 3.03. The Morgan fingerprint density at radius 1 is 1.47 bits per heavy atom. The first-order valence-corrected chi connectivity index (χ1v) is 5.76. The van der Waals surface area contributed by atoms with E-state index in [-0.39, 0.29) is 0 Å². The molecule has 0 amide bonds. The normalized spacial score (nSPS) is 17.5. The van der Waals surface area contributed by atoms with Gasteiger partial charge < -0.3 is 5.32 Å². The minimum atomic E-state index is 0.475. The van der Waals surface area contributed by atoms with E-state index in [9.17, 15) is 0 Å². The topological polar surface area (TPSA) is 37.8 Å². The Hall–Kier alpha value is -0.830. The molecule has 1 saturated carbocycles. The number of nitrogens with one attached hydrogen (secondary N) is 1. The zero-order valence-electron chi connectivity index (χ0n) is 9.18. The summed E-state index contributed by atoms with van der Waals surface area (Å²) < 4.78 is 0. The van der Waals surface area contributed by atoms with Crippen molar-refractivity contribution >= 4 is 17.4 Å². The molecule has 1 aromatic heterocycles. The number of anilines is 1. The standard InChI is InChI=1S/C11H16ClN3/c1-3-8-9(12)14-7-15-10(8)13-6-11(2)4-5-11/h7H,3-6H2,1-2H3,(H,13,14,15). The third-order valence-corrected chi connectivity index (χ3v) is 3.36. The third kappa shape index (κ3) is 2.40. The molecule has 0 spiro atoms. The van der Waals surface area contributed by atoms with E-state index in [0.29, 0.717) is 10.6 Å². The van der Waals surface area contributed by atoms with E-state index in [1.54, 1.807) is 0 Å². The molecule has 0 aromatic carbocycles. The molecule has 0 bridgehead atoms. The molecule has 0 radical (unpaired) electrons. The van der Waals surface area contributed by atoms with Gasteiger partial charge >= 0.3 is 0 Å². The fraction of sp³-hybridized carbons (Fsp3) is 0.636. The lowest BCUT2D eigenvalue weighted by Gasteiger charge is -2.13. The molecule has 1 fully saturated rings. The van der Waals surface area contributed by atoms with E-state index in [1.165, 1.54) is 19.2 Å². The van der Waals surface area contributed by atoms with Crippen LogP contribution in [0.1, 0.15) is 32.3 Å². The van der Waals surface area contributed by atoms with Gasteiger partial charge in [0.05, 0.1) is 0 Å². The van der Waals surface area contributed by atoms with Crippen LogP contribution in [0.15, 0.2) is 6.33 Å². The number of hydrogen-bond acceptors (Lipinski definition) is 3. The summed E-state index contributed by atoms with van der Waals surface area (Å²) in [6, 6.07) is 0. The molecule has 1 aliphatic rings. The predicted molar refractivity (Wildman–Crippen MR) is 62.3 cm³/mol. The number of aromatic nitrogens is 2. The van der Waals surface area contributed by atoms with E-state index < -0.39 is 0 Å². The molecular weight excluding hydrogens is 210 g/mol. The molecule has 2 rings (SSSR count). The highest BCUT2D eigenvalue weighted by Gasteiger charge is 2.36. The van der Waals surface area contributed by atoms with Crippen LogP contribution in [0.5, 0.6) is 0 Å². The highest BCUT2D eigenvalue weighted by Crippen LogP contribution is 2.44. The SMILES string of the molecule is CCc1c(Cl)ncnc1NCC1(C)CC1. The van der Waals surface area contributed by atoms with Crippen LogP contribution in [0.25, 0.3) is 0 Å². The Morgan fingerprint density at radius 3 is 2.80 bits per heavy atom. The molecule has 1 N–H and O–H groups in total. The predicted octanol–water partition coefficient (Wildman–Crippen LogP) is 2.90. The summed E-state index contributed by atoms with van der Waals surface area (Å²) in [5.74, 6) is 0.894. The quantitative estimate of drug-likeness (QED) is 0.801. The van der Waals surface area contributed by atoms with Crippen molar-refractivity contribution < 1.29 is 0 Å². The van der Waals surface area contributed by atoms with E-state index in [2.05, 4.69) is 29.1 Å². The van der Waals surface area contributed by atoms with Crippen molar-refractivity contribution in [3.8, 4) is 0 Å². The Kier molecular flexibility index (Phi) is 2.83. The number of rotatable bonds is 4. The molecule has 0 aliphatic heterocycles. The summed E-state index contributed by atoms with van der Waals surface area (Å²) in [6.07, 6.45) is 4.98. The summed E-state index contributed by atoms with van der Waals surface area (Å²) in [5.41, 5.74) is 1.49. The van der Waals surface area contributed by atoms with Crippen molar-refractivity contribution in [3.63, 3.8) is 0 Å². The van der Waals surface area contributed by atoms with Gasteiger partial charge in [0.2, 0.25) is 0 Å². The highest BCUT2D eigenvalue weighted by atomic mass is 35.5. The maximum atomic E-state index is 6.00. The minimum Gasteiger partial charge on any atom is -0.369 e. The highest BCUT2D eigenvalue weighted by molar-refractivity contribution is 6.30. The lowest BCUT2D eigenvalue weighted by Crippen LogP contribution is -2.14. The molecule has 1 heterocycles. The van der Waals surface area contributed by atoms with Gasteiger partial charge in [0.15, 0.2) is 0 Å². The lowest BCUT2D eigenvalue weighted by atomic mass is 10.1. The Morgan fingerprint density at radius 2 is 2.20 bits per heavy atom. The number of hydrogen-bond donors (Lipinski definition) is 1. The zero-order chi connectivity index (χ0) is 10.9. The lowest BCUT2D eigenvalue weighted by molar-refractivity contribution is 0.608. The second kappa shape index (κ2) is 3.97. The summed E-state index contributed by atoms with van der Waals surface area (Å²) in [6.45, 7) is 5.33. The van der Waals surface area contributed by atoms with Crippen LogP contribution >= 0.6 is 11.6 Å². The molecule has 1 aliphatic carbocycles. The van der Waals surface area contributed by atoms with Crippen LogP contribution in [-0.4, -0.2) is 16.5 Å². The van der Waals surface area contributed by atoms with Crippen LogP contribution in [0.2, 0.25) is 5.15 Å². The fourth-order valence-electron chi connectivity index (χ4n) is 1.54. The second-order valence-corrected chi connectivity index (χ2v) is 4.87. The average molecular weight is 226 g/mol. The molecule has 0 saturated heterocycles. The molecule has 4 heteroatoms. The first kappa shape index (κ1) is 10.7. The van der Waals surface area contributed by atoms with Crippen LogP contribution in [0.4, 0.5) is 5.82 Å². The Labute approximate surface area is 95.3 Å². The molecule has 0 atom stereocenters. The zero-order valence-corrected chi connectivity index (χ0v) is 9.93. The molecule has 1 aromatic rings.